The van der Waals surface area contributed by atoms with Gasteiger partial charge in [-0.3, -0.25) is 4.79 Å². The number of rotatable bonds is 1. The van der Waals surface area contributed by atoms with Crippen LogP contribution in [-0.2, 0) is 11.2 Å². The topological polar surface area (TPSA) is 47.9 Å². The van der Waals surface area contributed by atoms with E-state index in [1.807, 2.05) is 0 Å². The van der Waals surface area contributed by atoms with E-state index in [4.69, 9.17) is 0 Å². The summed E-state index contributed by atoms with van der Waals surface area (Å²) in [5.74, 6) is 0.312. The SMILES string of the molecule is CN1CCN(c2ccc3c(c2)CC2CC(=O)NN=C32)CC1. The number of likely N-dealkylation sites (N-methyl/N-ethyl adjacent to an activating group) is 1. The van der Waals surface area contributed by atoms with Crippen LogP contribution in [0, 0.1) is 5.92 Å². The van der Waals surface area contributed by atoms with Crippen LogP contribution in [-0.4, -0.2) is 49.7 Å². The molecule has 0 saturated carbocycles. The molecule has 0 aromatic heterocycles. The number of hydrogen-bond donors (Lipinski definition) is 1. The van der Waals surface area contributed by atoms with Crippen molar-refractivity contribution in [2.45, 2.75) is 12.8 Å². The summed E-state index contributed by atoms with van der Waals surface area (Å²) >= 11 is 0. The fourth-order valence-corrected chi connectivity index (χ4v) is 3.55. The predicted octanol–water partition coefficient (Wildman–Crippen LogP) is 0.835. The van der Waals surface area contributed by atoms with Gasteiger partial charge in [0, 0.05) is 49.8 Å². The van der Waals surface area contributed by atoms with Gasteiger partial charge in [-0.15, -0.1) is 0 Å². The van der Waals surface area contributed by atoms with E-state index in [2.05, 4.69) is 45.6 Å². The van der Waals surface area contributed by atoms with Crippen LogP contribution in [0.15, 0.2) is 23.3 Å². The first-order valence-corrected chi connectivity index (χ1v) is 7.64. The van der Waals surface area contributed by atoms with Gasteiger partial charge in [0.05, 0.1) is 5.71 Å². The molecule has 1 N–H and O–H groups in total. The summed E-state index contributed by atoms with van der Waals surface area (Å²) in [4.78, 5) is 16.3. The number of hydrogen-bond acceptors (Lipinski definition) is 4. The second-order valence-corrected chi connectivity index (χ2v) is 6.27. The Labute approximate surface area is 124 Å². The molecule has 1 unspecified atom stereocenters. The third-order valence-electron chi connectivity index (χ3n) is 4.82. The number of fused-ring (bicyclic) bond motifs is 3. The molecule has 0 spiro atoms. The molecule has 2 aliphatic heterocycles. The number of nitrogens with zero attached hydrogens (tertiary/aromatic N) is 3. The average molecular weight is 284 g/mol. The largest absolute Gasteiger partial charge is 0.369 e. The number of carbonyl (C=O) groups is 1. The molecule has 4 rings (SSSR count). The standard InChI is InChI=1S/C16H20N4O/c1-19-4-6-20(7-5-19)13-2-3-14-11(9-13)8-12-10-15(21)17-18-16(12)14/h2-3,9,12H,4-8,10H2,1H3,(H,17,21). The van der Waals surface area contributed by atoms with E-state index in [1.165, 1.54) is 16.8 Å². The zero-order valence-corrected chi connectivity index (χ0v) is 12.3. The highest BCUT2D eigenvalue weighted by Gasteiger charge is 2.33. The van der Waals surface area contributed by atoms with Crippen molar-refractivity contribution in [1.29, 1.82) is 0 Å². The Bertz CT molecular complexity index is 617. The smallest absolute Gasteiger partial charge is 0.240 e. The van der Waals surface area contributed by atoms with Gasteiger partial charge in [0.15, 0.2) is 0 Å². The molecule has 2 heterocycles. The van der Waals surface area contributed by atoms with Gasteiger partial charge in [0.25, 0.3) is 0 Å². The molecule has 1 saturated heterocycles. The van der Waals surface area contributed by atoms with Crippen molar-refractivity contribution in [2.75, 3.05) is 38.1 Å². The first-order valence-electron chi connectivity index (χ1n) is 7.64. The van der Waals surface area contributed by atoms with Crippen LogP contribution in [0.1, 0.15) is 17.5 Å². The van der Waals surface area contributed by atoms with Crippen LogP contribution in [0.2, 0.25) is 0 Å². The summed E-state index contributed by atoms with van der Waals surface area (Å²) in [6.45, 7) is 4.40. The Hall–Kier alpha value is -1.88. The number of benzene rings is 1. The Morgan fingerprint density at radius 3 is 2.81 bits per heavy atom. The maximum Gasteiger partial charge on any atom is 0.240 e. The number of nitrogens with one attached hydrogen (secondary N) is 1. The highest BCUT2D eigenvalue weighted by atomic mass is 16.2. The molecule has 5 nitrogen and oxygen atoms in total. The summed E-state index contributed by atoms with van der Waals surface area (Å²) < 4.78 is 0. The monoisotopic (exact) mass is 284 g/mol. The summed E-state index contributed by atoms with van der Waals surface area (Å²) in [5, 5.41) is 4.26. The van der Waals surface area contributed by atoms with Gasteiger partial charge in [-0.1, -0.05) is 6.07 Å². The number of piperazine rings is 1. The minimum atomic E-state index is 0.0378. The van der Waals surface area contributed by atoms with Crippen LogP contribution in [0.3, 0.4) is 0 Å². The molecular formula is C16H20N4O. The highest BCUT2D eigenvalue weighted by molar-refractivity contribution is 6.09. The molecule has 0 bridgehead atoms. The Kier molecular flexibility index (Phi) is 2.96. The molecular weight excluding hydrogens is 264 g/mol. The van der Waals surface area contributed by atoms with E-state index < -0.39 is 0 Å². The number of carbonyl (C=O) groups excluding carboxylic acids is 1. The third kappa shape index (κ3) is 2.21. The molecule has 1 atom stereocenters. The maximum atomic E-state index is 11.5. The van der Waals surface area contributed by atoms with Crippen molar-refractivity contribution in [1.82, 2.24) is 10.3 Å². The molecule has 1 aliphatic carbocycles. The van der Waals surface area contributed by atoms with Gasteiger partial charge >= 0.3 is 0 Å². The quantitative estimate of drug-likeness (QED) is 0.831. The van der Waals surface area contributed by atoms with Crippen LogP contribution < -0.4 is 10.3 Å². The second kappa shape index (κ2) is 4.84. The van der Waals surface area contributed by atoms with Crippen LogP contribution >= 0.6 is 0 Å². The van der Waals surface area contributed by atoms with Crippen molar-refractivity contribution in [2.24, 2.45) is 11.0 Å². The van der Waals surface area contributed by atoms with E-state index in [0.717, 1.165) is 38.3 Å². The molecule has 1 fully saturated rings. The van der Waals surface area contributed by atoms with E-state index in [-0.39, 0.29) is 11.8 Å². The van der Waals surface area contributed by atoms with Crippen molar-refractivity contribution < 1.29 is 4.79 Å². The normalized spacial score (nSPS) is 25.2. The van der Waals surface area contributed by atoms with Crippen LogP contribution in [0.5, 0.6) is 0 Å². The van der Waals surface area contributed by atoms with Crippen LogP contribution in [0.25, 0.3) is 0 Å². The minimum Gasteiger partial charge on any atom is -0.369 e. The molecule has 3 aliphatic rings. The molecule has 1 amide bonds. The minimum absolute atomic E-state index is 0.0378. The lowest BCUT2D eigenvalue weighted by Crippen LogP contribution is -2.44. The molecule has 1 aromatic carbocycles. The molecule has 0 radical (unpaired) electrons. The zero-order valence-electron chi connectivity index (χ0n) is 12.3. The highest BCUT2D eigenvalue weighted by Crippen LogP contribution is 2.33. The Balaban J connectivity index is 1.60. The van der Waals surface area contributed by atoms with Crippen molar-refractivity contribution in [3.8, 4) is 0 Å². The molecule has 1 aromatic rings. The summed E-state index contributed by atoms with van der Waals surface area (Å²) in [5.41, 5.74) is 7.54. The van der Waals surface area contributed by atoms with Gasteiger partial charge < -0.3 is 9.80 Å². The van der Waals surface area contributed by atoms with Crippen molar-refractivity contribution >= 4 is 17.3 Å². The van der Waals surface area contributed by atoms with Crippen molar-refractivity contribution in [3.63, 3.8) is 0 Å². The molecule has 21 heavy (non-hydrogen) atoms. The number of amides is 1. The first-order chi connectivity index (χ1) is 10.2. The number of anilines is 1. The predicted molar refractivity (Wildman–Crippen MR) is 82.6 cm³/mol. The van der Waals surface area contributed by atoms with Gasteiger partial charge in [-0.2, -0.15) is 5.10 Å². The van der Waals surface area contributed by atoms with Gasteiger partial charge in [0.2, 0.25) is 5.91 Å². The lowest BCUT2D eigenvalue weighted by molar-refractivity contribution is -0.121. The summed E-state index contributed by atoms with van der Waals surface area (Å²) in [7, 11) is 2.17. The second-order valence-electron chi connectivity index (χ2n) is 6.27. The van der Waals surface area contributed by atoms with Crippen molar-refractivity contribution in [3.05, 3.63) is 29.3 Å². The fraction of sp³-hybridized carbons (Fsp3) is 0.500. The first kappa shape index (κ1) is 12.8. The lowest BCUT2D eigenvalue weighted by atomic mass is 9.99. The summed E-state index contributed by atoms with van der Waals surface area (Å²) in [6.07, 6.45) is 1.51. The number of hydrazone groups is 1. The van der Waals surface area contributed by atoms with E-state index >= 15 is 0 Å². The third-order valence-corrected chi connectivity index (χ3v) is 4.82. The zero-order chi connectivity index (χ0) is 14.4. The fourth-order valence-electron chi connectivity index (χ4n) is 3.55. The Morgan fingerprint density at radius 2 is 2.00 bits per heavy atom. The van der Waals surface area contributed by atoms with Gasteiger partial charge in [-0.25, -0.2) is 5.43 Å². The summed E-state index contributed by atoms with van der Waals surface area (Å²) in [6, 6.07) is 6.68. The maximum absolute atomic E-state index is 11.5. The molecule has 5 heteroatoms. The van der Waals surface area contributed by atoms with E-state index in [0.29, 0.717) is 6.42 Å². The van der Waals surface area contributed by atoms with Gasteiger partial charge in [-0.05, 0) is 31.2 Å². The van der Waals surface area contributed by atoms with E-state index in [9.17, 15) is 4.79 Å². The van der Waals surface area contributed by atoms with Crippen LogP contribution in [0.4, 0.5) is 5.69 Å². The Morgan fingerprint density at radius 1 is 1.19 bits per heavy atom. The average Bonchev–Trinajstić information content (AvgIpc) is 2.84. The molecule has 110 valence electrons. The van der Waals surface area contributed by atoms with Gasteiger partial charge in [0.1, 0.15) is 0 Å². The van der Waals surface area contributed by atoms with E-state index in [1.54, 1.807) is 0 Å². The lowest BCUT2D eigenvalue weighted by Gasteiger charge is -2.34.